The van der Waals surface area contributed by atoms with Gasteiger partial charge in [0.1, 0.15) is 17.7 Å². The zero-order chi connectivity index (χ0) is 12.6. The molecule has 8 heteroatoms. The maximum Gasteiger partial charge on any atom is 0.266 e. The largest absolute Gasteiger partial charge is 0.307 e. The molecule has 0 saturated carbocycles. The molecule has 18 heavy (non-hydrogen) atoms. The third kappa shape index (κ3) is 1.86. The summed E-state index contributed by atoms with van der Waals surface area (Å²) in [5.74, 6) is -0.216. The lowest BCUT2D eigenvalue weighted by Gasteiger charge is -1.95. The van der Waals surface area contributed by atoms with Crippen LogP contribution in [-0.4, -0.2) is 33.0 Å². The van der Waals surface area contributed by atoms with Gasteiger partial charge < -0.3 is 4.40 Å². The van der Waals surface area contributed by atoms with Crippen LogP contribution in [0.25, 0.3) is 5.65 Å². The van der Waals surface area contributed by atoms with E-state index in [0.29, 0.717) is 11.3 Å². The Morgan fingerprint density at radius 1 is 1.33 bits per heavy atom. The van der Waals surface area contributed by atoms with Crippen molar-refractivity contribution >= 4 is 15.5 Å². The van der Waals surface area contributed by atoms with Crippen molar-refractivity contribution in [3.05, 3.63) is 42.6 Å². The fraction of sp³-hybridized carbons (Fsp3) is 0.100. The van der Waals surface area contributed by atoms with Gasteiger partial charge >= 0.3 is 0 Å². The SMILES string of the molecule is O=S(=O)(Cc1cn2ccccc2n1)c1nc[nH]n1. The Bertz CT molecular complexity index is 743. The van der Waals surface area contributed by atoms with Gasteiger partial charge in [-0.05, 0) is 12.1 Å². The second kappa shape index (κ2) is 3.91. The Morgan fingerprint density at radius 3 is 2.94 bits per heavy atom. The zero-order valence-electron chi connectivity index (χ0n) is 9.18. The minimum atomic E-state index is -3.55. The molecule has 7 nitrogen and oxygen atoms in total. The monoisotopic (exact) mass is 263 g/mol. The van der Waals surface area contributed by atoms with Crippen molar-refractivity contribution in [2.75, 3.05) is 0 Å². The molecule has 0 aromatic carbocycles. The van der Waals surface area contributed by atoms with Crippen molar-refractivity contribution in [1.82, 2.24) is 24.6 Å². The third-order valence-corrected chi connectivity index (χ3v) is 3.85. The smallest absolute Gasteiger partial charge is 0.266 e. The number of imidazole rings is 1. The highest BCUT2D eigenvalue weighted by Crippen LogP contribution is 2.12. The number of fused-ring (bicyclic) bond motifs is 1. The fourth-order valence-electron chi connectivity index (χ4n) is 1.66. The molecule has 0 fully saturated rings. The van der Waals surface area contributed by atoms with E-state index in [1.54, 1.807) is 10.6 Å². The van der Waals surface area contributed by atoms with E-state index in [-0.39, 0.29) is 10.9 Å². The number of nitrogens with zero attached hydrogens (tertiary/aromatic N) is 4. The minimum Gasteiger partial charge on any atom is -0.307 e. The van der Waals surface area contributed by atoms with Gasteiger partial charge in [0.25, 0.3) is 5.16 Å². The van der Waals surface area contributed by atoms with Gasteiger partial charge in [0.05, 0.1) is 5.69 Å². The van der Waals surface area contributed by atoms with Crippen LogP contribution in [0.4, 0.5) is 0 Å². The first-order valence-corrected chi connectivity index (χ1v) is 6.81. The number of hydrogen-bond donors (Lipinski definition) is 1. The standard InChI is InChI=1S/C10H9N5O2S/c16-18(17,10-11-7-12-14-10)6-8-5-15-4-2-1-3-9(15)13-8/h1-5,7H,6H2,(H,11,12,14). The molecule has 1 N–H and O–H groups in total. The zero-order valence-corrected chi connectivity index (χ0v) is 10.0. The van der Waals surface area contributed by atoms with Gasteiger partial charge in [-0.3, -0.25) is 5.10 Å². The van der Waals surface area contributed by atoms with Crippen molar-refractivity contribution in [3.63, 3.8) is 0 Å². The molecule has 0 unspecified atom stereocenters. The molecule has 3 rings (SSSR count). The predicted molar refractivity (Wildman–Crippen MR) is 62.5 cm³/mol. The van der Waals surface area contributed by atoms with Crippen molar-refractivity contribution in [1.29, 1.82) is 0 Å². The molecule has 92 valence electrons. The normalized spacial score (nSPS) is 12.0. The molecule has 0 radical (unpaired) electrons. The minimum absolute atomic E-state index is 0.209. The van der Waals surface area contributed by atoms with Crippen molar-refractivity contribution in [2.45, 2.75) is 10.9 Å². The van der Waals surface area contributed by atoms with Crippen LogP contribution in [0.15, 0.2) is 42.1 Å². The molecule has 0 amide bonds. The molecular weight excluding hydrogens is 254 g/mol. The van der Waals surface area contributed by atoms with Gasteiger partial charge in [0.2, 0.25) is 9.84 Å². The summed E-state index contributed by atoms with van der Waals surface area (Å²) in [7, 11) is -3.55. The summed E-state index contributed by atoms with van der Waals surface area (Å²) in [6.45, 7) is 0. The second-order valence-corrected chi connectivity index (χ2v) is 5.62. The van der Waals surface area contributed by atoms with E-state index in [1.165, 1.54) is 6.33 Å². The van der Waals surface area contributed by atoms with Gasteiger partial charge in [-0.1, -0.05) is 6.07 Å². The molecule has 3 heterocycles. The van der Waals surface area contributed by atoms with Gasteiger partial charge in [0.15, 0.2) is 0 Å². The fourth-order valence-corrected chi connectivity index (χ4v) is 2.73. The second-order valence-electron chi connectivity index (χ2n) is 3.74. The highest BCUT2D eigenvalue weighted by molar-refractivity contribution is 7.90. The summed E-state index contributed by atoms with van der Waals surface area (Å²) in [5, 5.41) is 5.75. The van der Waals surface area contributed by atoms with Crippen LogP contribution in [0.1, 0.15) is 5.69 Å². The number of hydrogen-bond acceptors (Lipinski definition) is 5. The molecule has 0 atom stereocenters. The summed E-state index contributed by atoms with van der Waals surface area (Å²) >= 11 is 0. The summed E-state index contributed by atoms with van der Waals surface area (Å²) in [4.78, 5) is 7.87. The quantitative estimate of drug-likeness (QED) is 0.739. The molecule has 0 bridgehead atoms. The maximum absolute atomic E-state index is 11.9. The van der Waals surface area contributed by atoms with Crippen LogP contribution in [0.5, 0.6) is 0 Å². The lowest BCUT2D eigenvalue weighted by molar-refractivity contribution is 0.586. The lowest BCUT2D eigenvalue weighted by Crippen LogP contribution is -2.07. The molecule has 0 aliphatic rings. The predicted octanol–water partition coefficient (Wildman–Crippen LogP) is 0.426. The third-order valence-electron chi connectivity index (χ3n) is 2.42. The van der Waals surface area contributed by atoms with Gasteiger partial charge in [-0.25, -0.2) is 18.4 Å². The van der Waals surface area contributed by atoms with Gasteiger partial charge in [-0.15, -0.1) is 5.10 Å². The molecule has 0 spiro atoms. The van der Waals surface area contributed by atoms with E-state index in [4.69, 9.17) is 0 Å². The summed E-state index contributed by atoms with van der Waals surface area (Å²) in [6.07, 6.45) is 4.72. The summed E-state index contributed by atoms with van der Waals surface area (Å²) < 4.78 is 25.7. The first kappa shape index (κ1) is 10.9. The summed E-state index contributed by atoms with van der Waals surface area (Å²) in [6, 6.07) is 5.50. The van der Waals surface area contributed by atoms with E-state index in [9.17, 15) is 8.42 Å². The summed E-state index contributed by atoms with van der Waals surface area (Å²) in [5.41, 5.74) is 1.17. The number of rotatable bonds is 3. The number of H-pyrrole nitrogens is 1. The molecule has 0 aliphatic carbocycles. The van der Waals surface area contributed by atoms with Crippen LogP contribution in [0, 0.1) is 0 Å². The Morgan fingerprint density at radius 2 is 2.22 bits per heavy atom. The Balaban J connectivity index is 1.97. The van der Waals surface area contributed by atoms with Crippen molar-refractivity contribution < 1.29 is 8.42 Å². The Labute approximate surface area is 102 Å². The maximum atomic E-state index is 11.9. The van der Waals surface area contributed by atoms with E-state index in [2.05, 4.69) is 20.2 Å². The Hall–Kier alpha value is -2.22. The topological polar surface area (TPSA) is 93.0 Å². The number of pyridine rings is 1. The van der Waals surface area contributed by atoms with Crippen molar-refractivity contribution in [2.24, 2.45) is 0 Å². The average molecular weight is 263 g/mol. The van der Waals surface area contributed by atoms with Crippen molar-refractivity contribution in [3.8, 4) is 0 Å². The van der Waals surface area contributed by atoms with E-state index in [0.717, 1.165) is 0 Å². The van der Waals surface area contributed by atoms with E-state index >= 15 is 0 Å². The van der Waals surface area contributed by atoms with Crippen LogP contribution >= 0.6 is 0 Å². The highest BCUT2D eigenvalue weighted by atomic mass is 32.2. The van der Waals surface area contributed by atoms with Gasteiger partial charge in [-0.2, -0.15) is 0 Å². The molecule has 3 aromatic rings. The molecule has 3 aromatic heterocycles. The number of aromatic nitrogens is 5. The number of sulfone groups is 1. The molecule has 0 saturated heterocycles. The Kier molecular flexibility index (Phi) is 2.37. The first-order valence-electron chi connectivity index (χ1n) is 5.16. The lowest BCUT2D eigenvalue weighted by atomic mass is 10.5. The van der Waals surface area contributed by atoms with Crippen LogP contribution in [0.2, 0.25) is 0 Å². The van der Waals surface area contributed by atoms with Gasteiger partial charge in [0, 0.05) is 12.4 Å². The first-order chi connectivity index (χ1) is 8.65. The highest BCUT2D eigenvalue weighted by Gasteiger charge is 2.20. The molecule has 0 aliphatic heterocycles. The van der Waals surface area contributed by atoms with E-state index < -0.39 is 9.84 Å². The van der Waals surface area contributed by atoms with Crippen LogP contribution in [0.3, 0.4) is 0 Å². The number of aromatic amines is 1. The van der Waals surface area contributed by atoms with Crippen LogP contribution < -0.4 is 0 Å². The average Bonchev–Trinajstić information content (AvgIpc) is 2.96. The van der Waals surface area contributed by atoms with E-state index in [1.807, 2.05) is 24.4 Å². The van der Waals surface area contributed by atoms with Crippen LogP contribution in [-0.2, 0) is 15.6 Å². The molecular formula is C10H9N5O2S. The number of nitrogens with one attached hydrogen (secondary N) is 1.